The summed E-state index contributed by atoms with van der Waals surface area (Å²) in [5, 5.41) is 11.7. The molecule has 0 aromatic heterocycles. The summed E-state index contributed by atoms with van der Waals surface area (Å²) in [6, 6.07) is 7.47. The Hall–Kier alpha value is -1.32. The number of anilines is 1. The van der Waals surface area contributed by atoms with Crippen LogP contribution < -0.4 is 11.1 Å². The highest BCUT2D eigenvalue weighted by Gasteiger charge is 2.25. The fourth-order valence-electron chi connectivity index (χ4n) is 1.60. The highest BCUT2D eigenvalue weighted by Crippen LogP contribution is 2.30. The van der Waals surface area contributed by atoms with E-state index in [1.807, 2.05) is 30.3 Å². The van der Waals surface area contributed by atoms with Gasteiger partial charge >= 0.3 is 0 Å². The zero-order valence-corrected chi connectivity index (χ0v) is 10.3. The second kappa shape index (κ2) is 5.34. The molecular formula is C13H16ClN3. The van der Waals surface area contributed by atoms with Crippen LogP contribution in [-0.4, -0.2) is 12.3 Å². The topological polar surface area (TPSA) is 61.9 Å². The van der Waals surface area contributed by atoms with Gasteiger partial charge in [0.1, 0.15) is 0 Å². The molecule has 0 heterocycles. The molecule has 0 radical (unpaired) electrons. The molecule has 0 atom stereocenters. The number of rotatable bonds is 5. The Morgan fingerprint density at radius 3 is 2.88 bits per heavy atom. The molecule has 0 spiro atoms. The van der Waals surface area contributed by atoms with Crippen molar-refractivity contribution in [2.45, 2.75) is 12.8 Å². The van der Waals surface area contributed by atoms with Crippen molar-refractivity contribution in [3.63, 3.8) is 0 Å². The molecular weight excluding hydrogens is 234 g/mol. The summed E-state index contributed by atoms with van der Waals surface area (Å²) in [4.78, 5) is 0. The second-order valence-corrected chi connectivity index (χ2v) is 4.68. The predicted octanol–water partition coefficient (Wildman–Crippen LogP) is 3.02. The van der Waals surface area contributed by atoms with Crippen molar-refractivity contribution < 1.29 is 0 Å². The summed E-state index contributed by atoms with van der Waals surface area (Å²) in [6.07, 6.45) is 4.09. The molecule has 17 heavy (non-hydrogen) atoms. The first-order valence-electron chi connectivity index (χ1n) is 5.70. The molecule has 1 aromatic rings. The maximum absolute atomic E-state index is 7.85. The number of benzene rings is 1. The van der Waals surface area contributed by atoms with Gasteiger partial charge in [-0.15, -0.1) is 0 Å². The zero-order chi connectivity index (χ0) is 12.3. The van der Waals surface area contributed by atoms with Crippen molar-refractivity contribution in [2.24, 2.45) is 11.7 Å². The lowest BCUT2D eigenvalue weighted by Crippen LogP contribution is -2.13. The van der Waals surface area contributed by atoms with E-state index in [2.05, 4.69) is 5.32 Å². The number of halogens is 1. The number of nitrogens with one attached hydrogen (secondary N) is 2. The quantitative estimate of drug-likeness (QED) is 0.703. The molecule has 1 aromatic carbocycles. The molecule has 0 aliphatic heterocycles. The van der Waals surface area contributed by atoms with Crippen LogP contribution >= 0.6 is 11.6 Å². The van der Waals surface area contributed by atoms with Gasteiger partial charge in [0.25, 0.3) is 0 Å². The van der Waals surface area contributed by atoms with Gasteiger partial charge < -0.3 is 16.5 Å². The smallest absolute Gasteiger partial charge is 0.0426 e. The lowest BCUT2D eigenvalue weighted by molar-refractivity contribution is 1.12. The Morgan fingerprint density at radius 2 is 2.29 bits per heavy atom. The normalized spacial score (nSPS) is 15.8. The van der Waals surface area contributed by atoms with Crippen LogP contribution in [0.2, 0.25) is 5.02 Å². The van der Waals surface area contributed by atoms with Crippen molar-refractivity contribution in [3.05, 3.63) is 41.1 Å². The van der Waals surface area contributed by atoms with E-state index in [0.717, 1.165) is 24.2 Å². The molecule has 0 saturated heterocycles. The van der Waals surface area contributed by atoms with Crippen molar-refractivity contribution in [1.82, 2.24) is 0 Å². The van der Waals surface area contributed by atoms with Crippen LogP contribution in [0.3, 0.4) is 0 Å². The molecule has 0 unspecified atom stereocenters. The molecule has 1 aliphatic rings. The van der Waals surface area contributed by atoms with E-state index >= 15 is 0 Å². The van der Waals surface area contributed by atoms with Gasteiger partial charge in [-0.2, -0.15) is 0 Å². The van der Waals surface area contributed by atoms with Crippen LogP contribution in [0.5, 0.6) is 0 Å². The van der Waals surface area contributed by atoms with Gasteiger partial charge in [-0.3, -0.25) is 0 Å². The van der Waals surface area contributed by atoms with Crippen LogP contribution in [0.15, 0.2) is 36.0 Å². The first-order valence-corrected chi connectivity index (χ1v) is 6.08. The van der Waals surface area contributed by atoms with E-state index in [0.29, 0.717) is 23.2 Å². The van der Waals surface area contributed by atoms with Crippen LogP contribution in [0, 0.1) is 11.3 Å². The summed E-state index contributed by atoms with van der Waals surface area (Å²) >= 11 is 5.90. The zero-order valence-electron chi connectivity index (χ0n) is 9.54. The van der Waals surface area contributed by atoms with Crippen molar-refractivity contribution in [1.29, 1.82) is 5.41 Å². The SMILES string of the molecule is N=C(/C=C(/CN)Nc1cccc(Cl)c1)C1CC1. The average molecular weight is 250 g/mol. The third-order valence-corrected chi connectivity index (χ3v) is 2.93. The molecule has 4 N–H and O–H groups in total. The summed E-state index contributed by atoms with van der Waals surface area (Å²) in [5.74, 6) is 0.442. The number of hydrogen-bond acceptors (Lipinski definition) is 3. The minimum absolute atomic E-state index is 0.390. The van der Waals surface area contributed by atoms with Gasteiger partial charge in [0.2, 0.25) is 0 Å². The van der Waals surface area contributed by atoms with Gasteiger partial charge in [0, 0.05) is 34.6 Å². The minimum atomic E-state index is 0.390. The van der Waals surface area contributed by atoms with Gasteiger partial charge in [-0.1, -0.05) is 17.7 Å². The molecule has 3 nitrogen and oxygen atoms in total. The molecule has 4 heteroatoms. The summed E-state index contributed by atoms with van der Waals surface area (Å²) in [5.41, 5.74) is 8.09. The second-order valence-electron chi connectivity index (χ2n) is 4.24. The summed E-state index contributed by atoms with van der Waals surface area (Å²) in [6.45, 7) is 0.390. The molecule has 2 rings (SSSR count). The fourth-order valence-corrected chi connectivity index (χ4v) is 1.79. The van der Waals surface area contributed by atoms with E-state index in [-0.39, 0.29) is 0 Å². The molecule has 90 valence electrons. The summed E-state index contributed by atoms with van der Waals surface area (Å²) < 4.78 is 0. The van der Waals surface area contributed by atoms with Crippen LogP contribution in [0.1, 0.15) is 12.8 Å². The number of hydrogen-bond donors (Lipinski definition) is 3. The predicted molar refractivity (Wildman–Crippen MR) is 72.7 cm³/mol. The first kappa shape index (κ1) is 12.1. The maximum atomic E-state index is 7.85. The average Bonchev–Trinajstić information content (AvgIpc) is 3.12. The van der Waals surface area contributed by atoms with E-state index < -0.39 is 0 Å². The standard InChI is InChI=1S/C13H16ClN3/c14-10-2-1-3-11(6-10)17-12(8-15)7-13(16)9-4-5-9/h1-3,6-7,9,16-17H,4-5,8,15H2/b12-7-,16-13?. The van der Waals surface area contributed by atoms with Gasteiger partial charge in [0.15, 0.2) is 0 Å². The Balaban J connectivity index is 2.06. The lowest BCUT2D eigenvalue weighted by Gasteiger charge is -2.09. The molecule has 1 aliphatic carbocycles. The third kappa shape index (κ3) is 3.58. The Bertz CT molecular complexity index is 450. The van der Waals surface area contributed by atoms with E-state index in [1.54, 1.807) is 0 Å². The molecule has 1 fully saturated rings. The Kier molecular flexibility index (Phi) is 3.82. The largest absolute Gasteiger partial charge is 0.358 e. The third-order valence-electron chi connectivity index (χ3n) is 2.70. The van der Waals surface area contributed by atoms with Gasteiger partial charge in [-0.05, 0) is 37.1 Å². The van der Waals surface area contributed by atoms with Crippen molar-refractivity contribution >= 4 is 23.0 Å². The van der Waals surface area contributed by atoms with Crippen molar-refractivity contribution in [3.8, 4) is 0 Å². The maximum Gasteiger partial charge on any atom is 0.0426 e. The van der Waals surface area contributed by atoms with E-state index in [4.69, 9.17) is 22.7 Å². The Morgan fingerprint density at radius 1 is 1.53 bits per heavy atom. The van der Waals surface area contributed by atoms with Gasteiger partial charge in [-0.25, -0.2) is 0 Å². The lowest BCUT2D eigenvalue weighted by atomic mass is 10.2. The van der Waals surface area contributed by atoms with Crippen LogP contribution in [0.4, 0.5) is 5.69 Å². The highest BCUT2D eigenvalue weighted by molar-refractivity contribution is 6.30. The Labute approximate surface area is 106 Å². The monoisotopic (exact) mass is 249 g/mol. The molecule has 0 bridgehead atoms. The van der Waals surface area contributed by atoms with Gasteiger partial charge in [0.05, 0.1) is 0 Å². The van der Waals surface area contributed by atoms with Crippen molar-refractivity contribution in [2.75, 3.05) is 11.9 Å². The number of allylic oxidation sites excluding steroid dienone is 1. The fraction of sp³-hybridized carbons (Fsp3) is 0.308. The summed E-state index contributed by atoms with van der Waals surface area (Å²) in [7, 11) is 0. The van der Waals surface area contributed by atoms with Crippen LogP contribution in [0.25, 0.3) is 0 Å². The number of nitrogens with two attached hydrogens (primary N) is 1. The molecule has 0 amide bonds. The van der Waals surface area contributed by atoms with E-state index in [1.165, 1.54) is 0 Å². The minimum Gasteiger partial charge on any atom is -0.358 e. The van der Waals surface area contributed by atoms with Crippen LogP contribution in [-0.2, 0) is 0 Å². The molecule has 1 saturated carbocycles. The first-order chi connectivity index (χ1) is 8.19. The highest BCUT2D eigenvalue weighted by atomic mass is 35.5. The van der Waals surface area contributed by atoms with E-state index in [9.17, 15) is 0 Å².